The van der Waals surface area contributed by atoms with Crippen LogP contribution in [0.15, 0.2) is 279 Å². The largest absolute Gasteiger partial charge is 0.327 e. The van der Waals surface area contributed by atoms with Crippen molar-refractivity contribution in [3.63, 3.8) is 0 Å². The number of hydrogen-bond donors (Lipinski definition) is 0. The van der Waals surface area contributed by atoms with Crippen LogP contribution in [0.1, 0.15) is 22.3 Å². The van der Waals surface area contributed by atoms with Crippen LogP contribution in [0.2, 0.25) is 0 Å². The second kappa shape index (κ2) is 17.4. The molecule has 0 saturated heterocycles. The quantitative estimate of drug-likeness (QED) is 0.107. The van der Waals surface area contributed by atoms with E-state index in [0.29, 0.717) is 0 Å². The number of anilines is 3. The molecule has 0 radical (unpaired) electrons. The third-order valence-electron chi connectivity index (χ3n) is 15.6. The third-order valence-corrected chi connectivity index (χ3v) is 20.3. The Morgan fingerprint density at radius 3 is 1.64 bits per heavy atom. The molecular formula is C68H49N5Si. The maximum Gasteiger partial charge on any atom is 0.179 e. The summed E-state index contributed by atoms with van der Waals surface area (Å²) < 4.78 is 4.63. The van der Waals surface area contributed by atoms with E-state index in [0.717, 1.165) is 72.7 Å². The van der Waals surface area contributed by atoms with Crippen LogP contribution in [-0.2, 0) is 12.5 Å². The second-order valence-electron chi connectivity index (χ2n) is 19.3. The first-order valence-electron chi connectivity index (χ1n) is 25.4. The van der Waals surface area contributed by atoms with Gasteiger partial charge in [0.05, 0.1) is 38.7 Å². The molecule has 0 fully saturated rings. The molecule has 0 unspecified atom stereocenters. The molecule has 13 aromatic rings. The Morgan fingerprint density at radius 2 is 0.959 bits per heavy atom. The highest BCUT2D eigenvalue weighted by Gasteiger charge is 2.48. The Balaban J connectivity index is 1.07. The van der Waals surface area contributed by atoms with Gasteiger partial charge in [0.1, 0.15) is 11.5 Å². The van der Waals surface area contributed by atoms with Crippen LogP contribution in [0, 0.1) is 0 Å². The van der Waals surface area contributed by atoms with Crippen molar-refractivity contribution >= 4 is 78.9 Å². The molecular weight excluding hydrogens is 915 g/mol. The highest BCUT2D eigenvalue weighted by Crippen LogP contribution is 2.59. The zero-order chi connectivity index (χ0) is 49.2. The Morgan fingerprint density at radius 1 is 0.432 bits per heavy atom. The van der Waals surface area contributed by atoms with E-state index < -0.39 is 13.5 Å². The summed E-state index contributed by atoms with van der Waals surface area (Å²) in [7, 11) is -0.968. The van der Waals surface area contributed by atoms with Gasteiger partial charge < -0.3 is 9.47 Å². The molecule has 74 heavy (non-hydrogen) atoms. The summed E-state index contributed by atoms with van der Waals surface area (Å²) in [4.78, 5) is 13.4. The molecule has 3 aromatic heterocycles. The minimum Gasteiger partial charge on any atom is -0.327 e. The van der Waals surface area contributed by atoms with Crippen molar-refractivity contribution in [3.8, 4) is 17.1 Å². The first-order valence-corrected chi connectivity index (χ1v) is 27.4. The summed E-state index contributed by atoms with van der Waals surface area (Å²) >= 11 is 0. The fourth-order valence-corrected chi connectivity index (χ4v) is 17.3. The topological polar surface area (TPSA) is 38.9 Å². The molecule has 350 valence electrons. The van der Waals surface area contributed by atoms with Crippen LogP contribution in [0.4, 0.5) is 17.1 Å². The predicted molar refractivity (Wildman–Crippen MR) is 308 cm³/mol. The number of imidazole rings is 1. The Bertz CT molecular complexity index is 4130. The maximum atomic E-state index is 5.73. The summed E-state index contributed by atoms with van der Waals surface area (Å²) in [5.74, 6) is 0.946. The molecule has 10 aromatic carbocycles. The lowest BCUT2D eigenvalue weighted by Crippen LogP contribution is -2.74. The number of rotatable bonds is 9. The van der Waals surface area contributed by atoms with Crippen molar-refractivity contribution < 1.29 is 0 Å². The summed E-state index contributed by atoms with van der Waals surface area (Å²) in [5, 5.41) is 7.39. The van der Waals surface area contributed by atoms with E-state index in [2.05, 4.69) is 300 Å². The minimum absolute atomic E-state index is 0.698. The summed E-state index contributed by atoms with van der Waals surface area (Å²) in [5.41, 5.74) is 13.6. The number of hydrogen-bond acceptors (Lipinski definition) is 3. The Hall–Kier alpha value is -9.36. The average Bonchev–Trinajstić information content (AvgIpc) is 4.05. The van der Waals surface area contributed by atoms with E-state index >= 15 is 0 Å². The van der Waals surface area contributed by atoms with Gasteiger partial charge >= 0.3 is 0 Å². The van der Waals surface area contributed by atoms with Crippen LogP contribution in [0.25, 0.3) is 50.0 Å². The van der Waals surface area contributed by atoms with Gasteiger partial charge in [0, 0.05) is 41.1 Å². The molecule has 1 aliphatic heterocycles. The first kappa shape index (κ1) is 43.4. The molecule has 0 bridgehead atoms. The smallest absolute Gasteiger partial charge is 0.179 e. The molecule has 0 saturated carbocycles. The van der Waals surface area contributed by atoms with Crippen molar-refractivity contribution in [2.75, 3.05) is 4.90 Å². The molecule has 5 nitrogen and oxygen atoms in total. The van der Waals surface area contributed by atoms with Gasteiger partial charge in [-0.1, -0.05) is 224 Å². The number of pyridine rings is 1. The fraction of sp³-hybridized carbons (Fsp3) is 0.0294. The van der Waals surface area contributed by atoms with E-state index in [-0.39, 0.29) is 0 Å². The lowest BCUT2D eigenvalue weighted by Gasteiger charge is -2.46. The summed E-state index contributed by atoms with van der Waals surface area (Å²) in [6.45, 7) is 0. The molecule has 0 spiro atoms. The average molecular weight is 964 g/mol. The first-order chi connectivity index (χ1) is 36.7. The normalized spacial score (nSPS) is 13.0. The highest BCUT2D eigenvalue weighted by molar-refractivity contribution is 7.20. The van der Waals surface area contributed by atoms with E-state index in [1.165, 1.54) is 37.4 Å². The van der Waals surface area contributed by atoms with Gasteiger partial charge in [-0.25, -0.2) is 9.97 Å². The van der Waals surface area contributed by atoms with Crippen molar-refractivity contribution in [2.45, 2.75) is 5.41 Å². The number of benzene rings is 10. The van der Waals surface area contributed by atoms with Crippen molar-refractivity contribution in [1.82, 2.24) is 19.1 Å². The van der Waals surface area contributed by atoms with Gasteiger partial charge in [-0.3, -0.25) is 4.57 Å². The monoisotopic (exact) mass is 963 g/mol. The van der Waals surface area contributed by atoms with Gasteiger partial charge in [0.2, 0.25) is 0 Å². The summed E-state index contributed by atoms with van der Waals surface area (Å²) in [6, 6.07) is 100. The second-order valence-corrected chi connectivity index (χ2v) is 23.1. The molecule has 14 rings (SSSR count). The van der Waals surface area contributed by atoms with Gasteiger partial charge in [-0.05, 0) is 86.0 Å². The molecule has 0 amide bonds. The fourth-order valence-electron chi connectivity index (χ4n) is 12.5. The number of aromatic nitrogens is 4. The molecule has 1 aliphatic rings. The molecule has 0 atom stereocenters. The van der Waals surface area contributed by atoms with Gasteiger partial charge in [0.15, 0.2) is 8.07 Å². The van der Waals surface area contributed by atoms with Crippen LogP contribution in [0.3, 0.4) is 0 Å². The lowest BCUT2D eigenvalue weighted by atomic mass is 9.62. The van der Waals surface area contributed by atoms with Crippen molar-refractivity contribution in [1.29, 1.82) is 0 Å². The van der Waals surface area contributed by atoms with Crippen molar-refractivity contribution in [2.24, 2.45) is 7.05 Å². The molecule has 0 N–H and O–H groups in total. The molecule has 0 aliphatic carbocycles. The standard InChI is InChI=1S/C68H49N5Si/c1-71-63-44-22-19-41-60(63)70-66(71)48-25-23-37-55(45-48)74(53-33-13-5-14-34-53,54-35-15-6-16-36-54)56-38-24-32-52(46-56)73-61-42-20-17-39-57(61)64-65-59(47-69-67(64)73)68(49-26-7-2-8-27-49,50-28-9-3-10-29-50)58-40-18-21-43-62(58)72(65)51-30-11-4-12-31-51/h2-47H,1H3. The number of nitrogens with zero attached hydrogens (tertiary/aromatic N) is 5. The minimum atomic E-state index is -3.09. The lowest BCUT2D eigenvalue weighted by molar-refractivity contribution is 0.728. The van der Waals surface area contributed by atoms with Crippen LogP contribution in [-0.4, -0.2) is 27.2 Å². The van der Waals surface area contributed by atoms with Crippen molar-refractivity contribution in [3.05, 3.63) is 301 Å². The number of fused-ring (bicyclic) bond motifs is 7. The van der Waals surface area contributed by atoms with Gasteiger partial charge in [0.25, 0.3) is 0 Å². The highest BCUT2D eigenvalue weighted by atomic mass is 28.3. The van der Waals surface area contributed by atoms with Crippen LogP contribution >= 0.6 is 0 Å². The summed E-state index contributed by atoms with van der Waals surface area (Å²) in [6.07, 6.45) is 2.18. The van der Waals surface area contributed by atoms with Gasteiger partial charge in [-0.2, -0.15) is 0 Å². The zero-order valence-electron chi connectivity index (χ0n) is 40.8. The van der Waals surface area contributed by atoms with E-state index in [1.807, 2.05) is 0 Å². The van der Waals surface area contributed by atoms with E-state index in [1.54, 1.807) is 0 Å². The van der Waals surface area contributed by atoms with E-state index in [9.17, 15) is 0 Å². The van der Waals surface area contributed by atoms with Crippen LogP contribution in [0.5, 0.6) is 0 Å². The SMILES string of the molecule is Cn1c(-c2cccc([Si](c3ccccc3)(c3ccccc3)c3cccc(-n4c5ccccc5c5c6c(cnc54)C(c4ccccc4)(c4ccccc4)c4ccccc4N6c4ccccc4)c3)c2)nc2ccccc21. The number of aryl methyl sites for hydroxylation is 1. The van der Waals surface area contributed by atoms with Crippen LogP contribution < -0.4 is 25.6 Å². The molecule has 4 heterocycles. The van der Waals surface area contributed by atoms with Gasteiger partial charge in [-0.15, -0.1) is 0 Å². The Kier molecular flexibility index (Phi) is 10.2. The third kappa shape index (κ3) is 6.41. The maximum absolute atomic E-state index is 5.73. The Labute approximate surface area is 431 Å². The van der Waals surface area contributed by atoms with E-state index in [4.69, 9.17) is 9.97 Å². The predicted octanol–water partition coefficient (Wildman–Crippen LogP) is 13.3. The zero-order valence-corrected chi connectivity index (χ0v) is 41.8. The number of para-hydroxylation sites is 5. The molecule has 6 heteroatoms.